The van der Waals surface area contributed by atoms with Crippen molar-refractivity contribution >= 4 is 5.91 Å². The molecule has 1 amide bonds. The van der Waals surface area contributed by atoms with Crippen LogP contribution in [0.2, 0.25) is 0 Å². The normalized spacial score (nSPS) is 16.1. The number of fused-ring (bicyclic) bond motifs is 1. The second kappa shape index (κ2) is 6.55. The molecule has 1 aliphatic heterocycles. The Morgan fingerprint density at radius 2 is 2.29 bits per heavy atom. The molecule has 0 saturated heterocycles. The zero-order valence-corrected chi connectivity index (χ0v) is 14.3. The lowest BCUT2D eigenvalue weighted by molar-refractivity contribution is -0.123. The van der Waals surface area contributed by atoms with E-state index in [-0.39, 0.29) is 24.2 Å². The Morgan fingerprint density at radius 1 is 1.46 bits per heavy atom. The zero-order valence-electron chi connectivity index (χ0n) is 14.3. The Hall–Kier alpha value is -2.50. The van der Waals surface area contributed by atoms with Crippen molar-refractivity contribution < 1.29 is 14.3 Å². The molecule has 1 aliphatic rings. The molecule has 0 fully saturated rings. The van der Waals surface area contributed by atoms with Crippen LogP contribution in [0.4, 0.5) is 0 Å². The molecule has 1 aromatic carbocycles. The molecule has 1 N–H and O–H groups in total. The van der Waals surface area contributed by atoms with E-state index >= 15 is 0 Å². The highest BCUT2D eigenvalue weighted by molar-refractivity contribution is 5.77. The number of hydrogen-bond donors (Lipinski definition) is 1. The van der Waals surface area contributed by atoms with Gasteiger partial charge in [0.1, 0.15) is 5.60 Å². The van der Waals surface area contributed by atoms with Crippen molar-refractivity contribution in [2.75, 3.05) is 6.61 Å². The molecule has 1 aromatic heterocycles. The Kier molecular flexibility index (Phi) is 4.46. The SMILES string of the molecule is CC(Cn1cccn1)NC(=O)COc1cccc2c1OC(C)(C)C2. The van der Waals surface area contributed by atoms with Crippen LogP contribution in [0.3, 0.4) is 0 Å². The number of ether oxygens (including phenoxy) is 2. The summed E-state index contributed by atoms with van der Waals surface area (Å²) >= 11 is 0. The first-order chi connectivity index (χ1) is 11.4. The molecule has 128 valence electrons. The van der Waals surface area contributed by atoms with Crippen LogP contribution in [-0.2, 0) is 17.8 Å². The van der Waals surface area contributed by atoms with E-state index in [4.69, 9.17) is 9.47 Å². The zero-order chi connectivity index (χ0) is 17.2. The van der Waals surface area contributed by atoms with Gasteiger partial charge in [0, 0.05) is 30.4 Å². The molecular formula is C18H23N3O3. The summed E-state index contributed by atoms with van der Waals surface area (Å²) in [6.45, 7) is 6.60. The molecule has 6 nitrogen and oxygen atoms in total. The lowest BCUT2D eigenvalue weighted by Gasteiger charge is -2.18. The van der Waals surface area contributed by atoms with E-state index in [1.807, 2.05) is 51.2 Å². The largest absolute Gasteiger partial charge is 0.483 e. The van der Waals surface area contributed by atoms with Crippen LogP contribution in [0.5, 0.6) is 11.5 Å². The van der Waals surface area contributed by atoms with Crippen LogP contribution in [0, 0.1) is 0 Å². The van der Waals surface area contributed by atoms with Gasteiger partial charge in [-0.1, -0.05) is 12.1 Å². The number of rotatable bonds is 6. The maximum Gasteiger partial charge on any atom is 0.258 e. The van der Waals surface area contributed by atoms with E-state index in [1.165, 1.54) is 0 Å². The Bertz CT molecular complexity index is 710. The summed E-state index contributed by atoms with van der Waals surface area (Å²) in [7, 11) is 0. The van der Waals surface area contributed by atoms with E-state index in [9.17, 15) is 4.79 Å². The fraction of sp³-hybridized carbons (Fsp3) is 0.444. The molecule has 2 heterocycles. The van der Waals surface area contributed by atoms with Crippen LogP contribution in [0.1, 0.15) is 26.3 Å². The highest BCUT2D eigenvalue weighted by Gasteiger charge is 2.32. The van der Waals surface area contributed by atoms with Crippen LogP contribution < -0.4 is 14.8 Å². The summed E-state index contributed by atoms with van der Waals surface area (Å²) in [6.07, 6.45) is 4.42. The maximum atomic E-state index is 12.1. The van der Waals surface area contributed by atoms with Crippen LogP contribution in [0.25, 0.3) is 0 Å². The third kappa shape index (κ3) is 3.88. The van der Waals surface area contributed by atoms with E-state index in [1.54, 1.807) is 10.9 Å². The Labute approximate surface area is 141 Å². The fourth-order valence-corrected chi connectivity index (χ4v) is 2.90. The van der Waals surface area contributed by atoms with Gasteiger partial charge in [-0.3, -0.25) is 9.48 Å². The van der Waals surface area contributed by atoms with Crippen molar-refractivity contribution in [1.82, 2.24) is 15.1 Å². The minimum absolute atomic E-state index is 0.0299. The van der Waals surface area contributed by atoms with E-state index in [2.05, 4.69) is 10.4 Å². The van der Waals surface area contributed by atoms with Gasteiger partial charge in [0.15, 0.2) is 18.1 Å². The number of aromatic nitrogens is 2. The molecule has 0 aliphatic carbocycles. The third-order valence-electron chi connectivity index (χ3n) is 3.84. The molecule has 1 unspecified atom stereocenters. The quantitative estimate of drug-likeness (QED) is 0.882. The number of para-hydroxylation sites is 1. The predicted molar refractivity (Wildman–Crippen MR) is 90.2 cm³/mol. The molecule has 0 bridgehead atoms. The monoisotopic (exact) mass is 329 g/mol. The molecule has 2 aromatic rings. The van der Waals surface area contributed by atoms with Crippen molar-refractivity contribution in [1.29, 1.82) is 0 Å². The van der Waals surface area contributed by atoms with Crippen molar-refractivity contribution in [3.05, 3.63) is 42.2 Å². The third-order valence-corrected chi connectivity index (χ3v) is 3.84. The minimum atomic E-state index is -0.234. The maximum absolute atomic E-state index is 12.1. The second-order valence-corrected chi connectivity index (χ2v) is 6.77. The molecule has 3 rings (SSSR count). The van der Waals surface area contributed by atoms with E-state index in [0.29, 0.717) is 12.3 Å². The van der Waals surface area contributed by atoms with Gasteiger partial charge in [-0.25, -0.2) is 0 Å². The van der Waals surface area contributed by atoms with Gasteiger partial charge in [-0.05, 0) is 32.9 Å². The molecule has 24 heavy (non-hydrogen) atoms. The van der Waals surface area contributed by atoms with E-state index < -0.39 is 0 Å². The molecule has 0 spiro atoms. The van der Waals surface area contributed by atoms with Crippen LogP contribution >= 0.6 is 0 Å². The minimum Gasteiger partial charge on any atom is -0.483 e. The number of hydrogen-bond acceptors (Lipinski definition) is 4. The highest BCUT2D eigenvalue weighted by Crippen LogP contribution is 2.41. The number of amides is 1. The summed E-state index contributed by atoms with van der Waals surface area (Å²) < 4.78 is 13.4. The number of carbonyl (C=O) groups is 1. The Balaban J connectivity index is 1.53. The van der Waals surface area contributed by atoms with Crippen LogP contribution in [-0.4, -0.2) is 33.9 Å². The van der Waals surface area contributed by atoms with Crippen molar-refractivity contribution in [3.63, 3.8) is 0 Å². The summed E-state index contributed by atoms with van der Waals surface area (Å²) in [4.78, 5) is 12.1. The van der Waals surface area contributed by atoms with Gasteiger partial charge in [-0.2, -0.15) is 5.10 Å². The van der Waals surface area contributed by atoms with Crippen molar-refractivity contribution in [2.45, 2.75) is 45.4 Å². The van der Waals surface area contributed by atoms with Gasteiger partial charge in [0.05, 0.1) is 6.54 Å². The number of nitrogens with zero attached hydrogens (tertiary/aromatic N) is 2. The lowest BCUT2D eigenvalue weighted by Crippen LogP contribution is -2.38. The first kappa shape index (κ1) is 16.4. The van der Waals surface area contributed by atoms with Gasteiger partial charge < -0.3 is 14.8 Å². The summed E-state index contributed by atoms with van der Waals surface area (Å²) in [5.41, 5.74) is 0.882. The molecule has 0 radical (unpaired) electrons. The molecule has 1 atom stereocenters. The van der Waals surface area contributed by atoms with Gasteiger partial charge in [0.2, 0.25) is 0 Å². The number of carbonyl (C=O) groups excluding carboxylic acids is 1. The van der Waals surface area contributed by atoms with Gasteiger partial charge in [0.25, 0.3) is 5.91 Å². The first-order valence-electron chi connectivity index (χ1n) is 8.13. The lowest BCUT2D eigenvalue weighted by atomic mass is 10.0. The summed E-state index contributed by atoms with van der Waals surface area (Å²) in [5, 5.41) is 7.03. The van der Waals surface area contributed by atoms with Crippen molar-refractivity contribution in [3.8, 4) is 11.5 Å². The predicted octanol–water partition coefficient (Wildman–Crippen LogP) is 2.18. The van der Waals surface area contributed by atoms with E-state index in [0.717, 1.165) is 17.7 Å². The molecule has 0 saturated carbocycles. The summed E-state index contributed by atoms with van der Waals surface area (Å²) in [6, 6.07) is 7.62. The van der Waals surface area contributed by atoms with Gasteiger partial charge >= 0.3 is 0 Å². The standard InChI is InChI=1S/C18H23N3O3/c1-13(11-21-9-5-8-19-21)20-16(22)12-23-15-7-4-6-14-10-18(2,3)24-17(14)15/h4-9,13H,10-12H2,1-3H3,(H,20,22). The number of benzene rings is 1. The van der Waals surface area contributed by atoms with Crippen molar-refractivity contribution in [2.24, 2.45) is 0 Å². The first-order valence-corrected chi connectivity index (χ1v) is 8.13. The topological polar surface area (TPSA) is 65.4 Å². The second-order valence-electron chi connectivity index (χ2n) is 6.77. The number of nitrogens with one attached hydrogen (secondary N) is 1. The van der Waals surface area contributed by atoms with Crippen LogP contribution in [0.15, 0.2) is 36.7 Å². The summed E-state index contributed by atoms with van der Waals surface area (Å²) in [5.74, 6) is 1.21. The molecular weight excluding hydrogens is 306 g/mol. The molecule has 6 heteroatoms. The average molecular weight is 329 g/mol. The smallest absolute Gasteiger partial charge is 0.258 e. The highest BCUT2D eigenvalue weighted by atomic mass is 16.5. The fourth-order valence-electron chi connectivity index (χ4n) is 2.90. The Morgan fingerprint density at radius 3 is 3.04 bits per heavy atom. The average Bonchev–Trinajstić information content (AvgIpc) is 3.10. The van der Waals surface area contributed by atoms with Gasteiger partial charge in [-0.15, -0.1) is 0 Å².